The summed E-state index contributed by atoms with van der Waals surface area (Å²) in [6.45, 7) is 7.01. The molecule has 0 unspecified atom stereocenters. The van der Waals surface area contributed by atoms with E-state index in [0.717, 1.165) is 22.5 Å². The van der Waals surface area contributed by atoms with Gasteiger partial charge in [0.25, 0.3) is 0 Å². The predicted octanol–water partition coefficient (Wildman–Crippen LogP) is 4.36. The SMILES string of the molecule is C[Si](C)(C)c1ccc(-c2ccnc(-c3ccccc3)c2)nc1. The van der Waals surface area contributed by atoms with Gasteiger partial charge in [-0.05, 0) is 23.4 Å². The molecule has 110 valence electrons. The Morgan fingerprint density at radius 1 is 0.727 bits per heavy atom. The zero-order chi connectivity index (χ0) is 15.6. The minimum atomic E-state index is -1.30. The first-order valence-corrected chi connectivity index (χ1v) is 11.0. The van der Waals surface area contributed by atoms with E-state index < -0.39 is 8.07 Å². The minimum absolute atomic E-state index is 0.981. The summed E-state index contributed by atoms with van der Waals surface area (Å²) in [5.41, 5.74) is 4.22. The lowest BCUT2D eigenvalue weighted by atomic mass is 10.1. The zero-order valence-electron chi connectivity index (χ0n) is 13.2. The first-order chi connectivity index (χ1) is 10.5. The van der Waals surface area contributed by atoms with Gasteiger partial charge in [-0.15, -0.1) is 0 Å². The molecule has 3 aromatic rings. The molecule has 0 N–H and O–H groups in total. The van der Waals surface area contributed by atoms with E-state index >= 15 is 0 Å². The molecule has 1 aromatic carbocycles. The number of rotatable bonds is 3. The molecular weight excluding hydrogens is 284 g/mol. The van der Waals surface area contributed by atoms with Gasteiger partial charge in [0.1, 0.15) is 0 Å². The summed E-state index contributed by atoms with van der Waals surface area (Å²) in [6.07, 6.45) is 3.88. The molecule has 2 aromatic heterocycles. The Morgan fingerprint density at radius 2 is 1.50 bits per heavy atom. The highest BCUT2D eigenvalue weighted by molar-refractivity contribution is 6.88. The fourth-order valence-corrected chi connectivity index (χ4v) is 3.40. The molecule has 0 atom stereocenters. The van der Waals surface area contributed by atoms with E-state index in [1.165, 1.54) is 5.19 Å². The fraction of sp³-hybridized carbons (Fsp3) is 0.158. The van der Waals surface area contributed by atoms with Crippen molar-refractivity contribution in [3.05, 3.63) is 67.0 Å². The van der Waals surface area contributed by atoms with Crippen LogP contribution in [0.25, 0.3) is 22.5 Å². The van der Waals surface area contributed by atoms with E-state index in [9.17, 15) is 0 Å². The Kier molecular flexibility index (Phi) is 3.90. The summed E-state index contributed by atoms with van der Waals surface area (Å²) in [5.74, 6) is 0. The predicted molar refractivity (Wildman–Crippen MR) is 95.9 cm³/mol. The molecule has 2 nitrogen and oxygen atoms in total. The second kappa shape index (κ2) is 5.85. The lowest BCUT2D eigenvalue weighted by Crippen LogP contribution is -2.37. The van der Waals surface area contributed by atoms with Crippen LogP contribution in [-0.4, -0.2) is 18.0 Å². The van der Waals surface area contributed by atoms with E-state index in [1.807, 2.05) is 36.7 Å². The van der Waals surface area contributed by atoms with Crippen molar-refractivity contribution in [2.75, 3.05) is 0 Å². The first-order valence-electron chi connectivity index (χ1n) is 7.52. The third-order valence-corrected chi connectivity index (χ3v) is 5.78. The minimum Gasteiger partial charge on any atom is -0.256 e. The summed E-state index contributed by atoms with van der Waals surface area (Å²) in [7, 11) is -1.30. The molecule has 0 aliphatic rings. The van der Waals surface area contributed by atoms with Gasteiger partial charge in [-0.25, -0.2) is 0 Å². The maximum atomic E-state index is 4.66. The van der Waals surface area contributed by atoms with Gasteiger partial charge in [0, 0.05) is 23.5 Å². The van der Waals surface area contributed by atoms with Gasteiger partial charge in [0.15, 0.2) is 0 Å². The average molecular weight is 304 g/mol. The Balaban J connectivity index is 1.96. The molecule has 0 saturated heterocycles. The molecule has 0 aliphatic heterocycles. The van der Waals surface area contributed by atoms with Crippen LogP contribution in [0.4, 0.5) is 0 Å². The van der Waals surface area contributed by atoms with Crippen molar-refractivity contribution < 1.29 is 0 Å². The molecule has 0 fully saturated rings. The van der Waals surface area contributed by atoms with Crippen LogP contribution in [0.2, 0.25) is 19.6 Å². The van der Waals surface area contributed by atoms with Gasteiger partial charge >= 0.3 is 0 Å². The molecule has 0 bridgehead atoms. The number of hydrogen-bond donors (Lipinski definition) is 0. The molecule has 0 radical (unpaired) electrons. The van der Waals surface area contributed by atoms with Crippen LogP contribution in [0, 0.1) is 0 Å². The van der Waals surface area contributed by atoms with E-state index in [0.29, 0.717) is 0 Å². The van der Waals surface area contributed by atoms with Gasteiger partial charge in [0.05, 0.1) is 19.5 Å². The van der Waals surface area contributed by atoms with Crippen molar-refractivity contribution in [3.8, 4) is 22.5 Å². The van der Waals surface area contributed by atoms with Crippen LogP contribution in [0.5, 0.6) is 0 Å². The summed E-state index contributed by atoms with van der Waals surface area (Å²) in [6, 6.07) is 18.7. The van der Waals surface area contributed by atoms with Crippen molar-refractivity contribution in [3.63, 3.8) is 0 Å². The number of benzene rings is 1. The maximum absolute atomic E-state index is 4.66. The van der Waals surface area contributed by atoms with Gasteiger partial charge in [0.2, 0.25) is 0 Å². The molecule has 3 rings (SSSR count). The van der Waals surface area contributed by atoms with E-state index in [4.69, 9.17) is 0 Å². The second-order valence-corrected chi connectivity index (χ2v) is 11.6. The van der Waals surface area contributed by atoms with E-state index in [2.05, 4.69) is 59.9 Å². The molecule has 0 aliphatic carbocycles. The maximum Gasteiger partial charge on any atom is 0.0796 e. The highest BCUT2D eigenvalue weighted by Crippen LogP contribution is 2.22. The zero-order valence-corrected chi connectivity index (χ0v) is 14.2. The first kappa shape index (κ1) is 14.7. The van der Waals surface area contributed by atoms with Gasteiger partial charge in [-0.3, -0.25) is 9.97 Å². The van der Waals surface area contributed by atoms with Gasteiger partial charge < -0.3 is 0 Å². The highest BCUT2D eigenvalue weighted by atomic mass is 28.3. The Hall–Kier alpha value is -2.26. The van der Waals surface area contributed by atoms with Crippen LogP contribution in [-0.2, 0) is 0 Å². The molecule has 2 heterocycles. The molecule has 0 amide bonds. The van der Waals surface area contributed by atoms with Crippen LogP contribution in [0.1, 0.15) is 0 Å². The van der Waals surface area contributed by atoms with E-state index in [-0.39, 0.29) is 0 Å². The largest absolute Gasteiger partial charge is 0.256 e. The van der Waals surface area contributed by atoms with Crippen LogP contribution in [0.15, 0.2) is 67.0 Å². The third-order valence-electron chi connectivity index (χ3n) is 3.75. The van der Waals surface area contributed by atoms with Crippen molar-refractivity contribution in [2.45, 2.75) is 19.6 Å². The highest BCUT2D eigenvalue weighted by Gasteiger charge is 2.16. The Bertz CT molecular complexity index is 759. The van der Waals surface area contributed by atoms with Crippen molar-refractivity contribution in [2.24, 2.45) is 0 Å². The summed E-state index contributed by atoms with van der Waals surface area (Å²) in [5, 5.41) is 1.38. The molecule has 0 saturated carbocycles. The Labute approximate surface area is 132 Å². The monoisotopic (exact) mass is 304 g/mol. The lowest BCUT2D eigenvalue weighted by Gasteiger charge is -2.16. The topological polar surface area (TPSA) is 25.8 Å². The summed E-state index contributed by atoms with van der Waals surface area (Å²) >= 11 is 0. The standard InChI is InChI=1S/C19H20N2Si/c1-22(2,3)17-9-10-18(21-14-17)16-11-12-20-19(13-16)15-7-5-4-6-8-15/h4-14H,1-3H3. The fourth-order valence-electron chi connectivity index (χ4n) is 2.36. The Morgan fingerprint density at radius 3 is 2.14 bits per heavy atom. The van der Waals surface area contributed by atoms with Crippen molar-refractivity contribution >= 4 is 13.3 Å². The normalized spacial score (nSPS) is 11.4. The van der Waals surface area contributed by atoms with Crippen LogP contribution >= 0.6 is 0 Å². The summed E-state index contributed by atoms with van der Waals surface area (Å²) in [4.78, 5) is 9.13. The molecular formula is C19H20N2Si. The number of pyridine rings is 2. The molecule has 3 heteroatoms. The van der Waals surface area contributed by atoms with Crippen LogP contribution < -0.4 is 5.19 Å². The van der Waals surface area contributed by atoms with Gasteiger partial charge in [-0.2, -0.15) is 0 Å². The second-order valence-electron chi connectivity index (χ2n) is 6.48. The summed E-state index contributed by atoms with van der Waals surface area (Å²) < 4.78 is 0. The van der Waals surface area contributed by atoms with Crippen molar-refractivity contribution in [1.82, 2.24) is 9.97 Å². The molecule has 0 spiro atoms. The van der Waals surface area contributed by atoms with Crippen molar-refractivity contribution in [1.29, 1.82) is 0 Å². The lowest BCUT2D eigenvalue weighted by molar-refractivity contribution is 1.29. The quantitative estimate of drug-likeness (QED) is 0.672. The van der Waals surface area contributed by atoms with Crippen LogP contribution in [0.3, 0.4) is 0 Å². The average Bonchev–Trinajstić information content (AvgIpc) is 2.55. The smallest absolute Gasteiger partial charge is 0.0796 e. The number of aromatic nitrogens is 2. The molecule has 22 heavy (non-hydrogen) atoms. The number of hydrogen-bond acceptors (Lipinski definition) is 2. The van der Waals surface area contributed by atoms with Gasteiger partial charge in [-0.1, -0.05) is 56.0 Å². The van der Waals surface area contributed by atoms with E-state index in [1.54, 1.807) is 0 Å². The number of nitrogens with zero attached hydrogens (tertiary/aromatic N) is 2. The third kappa shape index (κ3) is 3.15.